The molecule has 0 spiro atoms. The van der Waals surface area contributed by atoms with Gasteiger partial charge in [0.1, 0.15) is 6.33 Å². The minimum atomic E-state index is 1.50. The Morgan fingerprint density at radius 1 is 1.67 bits per heavy atom. The minimum absolute atomic E-state index is 1.50. The summed E-state index contributed by atoms with van der Waals surface area (Å²) in [5, 5.41) is 3.72. The predicted molar refractivity (Wildman–Crippen MR) is 24.0 cm³/mol. The molecular weight excluding hydrogens is 76.9 g/mol. The topological polar surface area (TPSA) is 30.7 Å². The van der Waals surface area contributed by atoms with Gasteiger partial charge in [0.15, 0.2) is 0 Å². The van der Waals surface area contributed by atoms with Crippen LogP contribution in [0.3, 0.4) is 0 Å². The zero-order valence-electron chi connectivity index (χ0n) is 3.50. The van der Waals surface area contributed by atoms with E-state index >= 15 is 0 Å². The van der Waals surface area contributed by atoms with Crippen LogP contribution in [0, 0.1) is 0 Å². The van der Waals surface area contributed by atoms with E-state index in [2.05, 4.69) is 10.1 Å². The fourth-order valence-corrected chi connectivity index (χ4v) is 0.267. The first-order valence-electron chi connectivity index (χ1n) is 1.68. The highest BCUT2D eigenvalue weighted by atomic mass is 15.3. The Labute approximate surface area is 36.4 Å². The van der Waals surface area contributed by atoms with E-state index in [-0.39, 0.29) is 0 Å². The summed E-state index contributed by atoms with van der Waals surface area (Å²) in [5.74, 6) is 0. The molecule has 1 rings (SSSR count). The molecule has 0 radical (unpaired) electrons. The number of rotatable bonds is 0. The molecule has 0 saturated carbocycles. The van der Waals surface area contributed by atoms with E-state index in [4.69, 9.17) is 0 Å². The van der Waals surface area contributed by atoms with E-state index < -0.39 is 0 Å². The van der Waals surface area contributed by atoms with Crippen LogP contribution in [0.5, 0.6) is 0 Å². The van der Waals surface area contributed by atoms with Crippen LogP contribution in [0.15, 0.2) is 12.7 Å². The zero-order valence-corrected chi connectivity index (χ0v) is 3.50. The van der Waals surface area contributed by atoms with Gasteiger partial charge >= 0.3 is 0 Å². The Morgan fingerprint density at radius 2 is 2.50 bits per heavy atom. The first-order valence-corrected chi connectivity index (χ1v) is 1.68. The molecule has 1 aromatic rings. The van der Waals surface area contributed by atoms with E-state index in [1.54, 1.807) is 10.9 Å². The molecular formula is C2H4BN3. The highest BCUT2D eigenvalue weighted by Gasteiger charge is 1.71. The molecule has 4 heteroatoms. The van der Waals surface area contributed by atoms with Crippen LogP contribution in [0.4, 0.5) is 0 Å². The van der Waals surface area contributed by atoms with Crippen molar-refractivity contribution in [2.24, 2.45) is 0 Å². The Bertz CT molecular complexity index is 112. The van der Waals surface area contributed by atoms with Crippen molar-refractivity contribution in [1.82, 2.24) is 14.7 Å². The summed E-state index contributed by atoms with van der Waals surface area (Å²) in [6, 6.07) is 0. The van der Waals surface area contributed by atoms with E-state index in [9.17, 15) is 0 Å². The van der Waals surface area contributed by atoms with Crippen LogP contribution in [0.25, 0.3) is 0 Å². The Hall–Kier alpha value is -0.795. The van der Waals surface area contributed by atoms with Crippen molar-refractivity contribution in [2.45, 2.75) is 0 Å². The molecule has 0 atom stereocenters. The maximum Gasteiger partial charge on any atom is 0.250 e. The lowest BCUT2D eigenvalue weighted by Crippen LogP contribution is -1.88. The van der Waals surface area contributed by atoms with Crippen LogP contribution in [-0.4, -0.2) is 22.7 Å². The zero-order chi connectivity index (χ0) is 4.41. The summed E-state index contributed by atoms with van der Waals surface area (Å²) >= 11 is 0. The first kappa shape index (κ1) is 3.40. The Balaban J connectivity index is 3.05. The van der Waals surface area contributed by atoms with Crippen LogP contribution in [0.2, 0.25) is 0 Å². The average molecular weight is 80.9 g/mol. The maximum absolute atomic E-state index is 3.72. The van der Waals surface area contributed by atoms with Crippen molar-refractivity contribution in [3.63, 3.8) is 0 Å². The molecule has 0 saturated heterocycles. The molecule has 0 aliphatic heterocycles. The summed E-state index contributed by atoms with van der Waals surface area (Å²) in [6.45, 7) is 0. The molecule has 0 amide bonds. The minimum Gasteiger partial charge on any atom is -0.309 e. The first-order chi connectivity index (χ1) is 2.89. The molecule has 0 aromatic carbocycles. The van der Waals surface area contributed by atoms with Gasteiger partial charge in [-0.15, -0.1) is 0 Å². The van der Waals surface area contributed by atoms with Gasteiger partial charge in [-0.1, -0.05) is 0 Å². The van der Waals surface area contributed by atoms with Crippen molar-refractivity contribution in [3.05, 3.63) is 12.7 Å². The molecule has 1 heterocycles. The lowest BCUT2D eigenvalue weighted by atomic mass is 10.5. The third-order valence-electron chi connectivity index (χ3n) is 0.534. The molecule has 6 heavy (non-hydrogen) atoms. The highest BCUT2D eigenvalue weighted by Crippen LogP contribution is 1.63. The predicted octanol–water partition coefficient (Wildman–Crippen LogP) is -1.33. The highest BCUT2D eigenvalue weighted by molar-refractivity contribution is 6.05. The van der Waals surface area contributed by atoms with E-state index in [0.717, 1.165) is 0 Å². The third-order valence-corrected chi connectivity index (χ3v) is 0.534. The maximum atomic E-state index is 3.72. The normalized spacial score (nSPS) is 8.67. The van der Waals surface area contributed by atoms with Crippen LogP contribution in [0.1, 0.15) is 0 Å². The molecule has 0 unspecified atom stereocenters. The molecule has 0 fully saturated rings. The van der Waals surface area contributed by atoms with Crippen molar-refractivity contribution in [1.29, 1.82) is 0 Å². The standard InChI is InChI=1S/C2H4BN3/c3-6-2-4-1-5-6/h1-2H,3H2. The summed E-state index contributed by atoms with van der Waals surface area (Å²) in [6.07, 6.45) is 3.14. The summed E-state index contributed by atoms with van der Waals surface area (Å²) < 4.78 is 1.64. The Morgan fingerprint density at radius 3 is 2.67 bits per heavy atom. The van der Waals surface area contributed by atoms with Gasteiger partial charge in [0, 0.05) is 0 Å². The smallest absolute Gasteiger partial charge is 0.250 e. The molecule has 3 nitrogen and oxygen atoms in total. The second-order valence-corrected chi connectivity index (χ2v) is 1.07. The van der Waals surface area contributed by atoms with Crippen molar-refractivity contribution >= 4 is 7.98 Å². The largest absolute Gasteiger partial charge is 0.309 e. The van der Waals surface area contributed by atoms with Crippen molar-refractivity contribution in [2.75, 3.05) is 0 Å². The fraction of sp³-hybridized carbons (Fsp3) is 0. The molecule has 1 aromatic heterocycles. The second kappa shape index (κ2) is 1.12. The summed E-state index contributed by atoms with van der Waals surface area (Å²) in [5.41, 5.74) is 0. The van der Waals surface area contributed by atoms with Gasteiger partial charge in [-0.05, 0) is 0 Å². The fourth-order valence-electron chi connectivity index (χ4n) is 0.267. The second-order valence-electron chi connectivity index (χ2n) is 1.07. The van der Waals surface area contributed by atoms with Gasteiger partial charge in [0.25, 0.3) is 7.98 Å². The van der Waals surface area contributed by atoms with Crippen LogP contribution in [-0.2, 0) is 0 Å². The molecule has 0 aliphatic rings. The van der Waals surface area contributed by atoms with E-state index in [1.165, 1.54) is 6.33 Å². The molecule has 0 bridgehead atoms. The van der Waals surface area contributed by atoms with Gasteiger partial charge in [-0.25, -0.2) is 4.98 Å². The van der Waals surface area contributed by atoms with Crippen LogP contribution < -0.4 is 0 Å². The molecule has 30 valence electrons. The van der Waals surface area contributed by atoms with Crippen molar-refractivity contribution in [3.8, 4) is 0 Å². The van der Waals surface area contributed by atoms with E-state index in [1.807, 2.05) is 7.98 Å². The summed E-state index contributed by atoms with van der Waals surface area (Å²) in [7, 11) is 1.83. The van der Waals surface area contributed by atoms with E-state index in [0.29, 0.717) is 0 Å². The van der Waals surface area contributed by atoms with Gasteiger partial charge in [0.05, 0.1) is 6.33 Å². The Kier molecular flexibility index (Phi) is 0.635. The van der Waals surface area contributed by atoms with Crippen LogP contribution >= 0.6 is 0 Å². The van der Waals surface area contributed by atoms with Gasteiger partial charge in [-0.3, -0.25) is 0 Å². The number of aromatic nitrogens is 3. The van der Waals surface area contributed by atoms with Crippen molar-refractivity contribution < 1.29 is 0 Å². The number of nitrogens with zero attached hydrogens (tertiary/aromatic N) is 3. The monoisotopic (exact) mass is 81.0 g/mol. The summed E-state index contributed by atoms with van der Waals surface area (Å²) in [4.78, 5) is 3.67. The molecule has 0 aliphatic carbocycles. The van der Waals surface area contributed by atoms with Gasteiger partial charge in [-0.2, -0.15) is 5.10 Å². The quantitative estimate of drug-likeness (QED) is 0.362. The lowest BCUT2D eigenvalue weighted by molar-refractivity contribution is 0.991. The lowest BCUT2D eigenvalue weighted by Gasteiger charge is -1.74. The van der Waals surface area contributed by atoms with Gasteiger partial charge < -0.3 is 4.59 Å². The molecule has 0 N–H and O–H groups in total. The third kappa shape index (κ3) is 0.405. The number of hydrogen-bond donors (Lipinski definition) is 0. The number of hydrogen-bond acceptors (Lipinski definition) is 2. The average Bonchev–Trinajstić information content (AvgIpc) is 1.86. The SMILES string of the molecule is Bn1cncn1. The van der Waals surface area contributed by atoms with Gasteiger partial charge in [0.2, 0.25) is 0 Å².